The Kier molecular flexibility index (Phi) is 8.11. The molecule has 1 aromatic rings. The van der Waals surface area contributed by atoms with Crippen molar-refractivity contribution in [1.82, 2.24) is 5.32 Å². The summed E-state index contributed by atoms with van der Waals surface area (Å²) in [5.74, 6) is 2.55. The van der Waals surface area contributed by atoms with E-state index in [2.05, 4.69) is 24.2 Å². The summed E-state index contributed by atoms with van der Waals surface area (Å²) in [5, 5.41) is 3.07. The maximum Gasteiger partial charge on any atom is 0.188 e. The van der Waals surface area contributed by atoms with Gasteiger partial charge in [-0.1, -0.05) is 32.0 Å². The zero-order valence-electron chi connectivity index (χ0n) is 12.2. The highest BCUT2D eigenvalue weighted by Gasteiger charge is 2.00. The molecular formula is C15H24FN3S. The van der Waals surface area contributed by atoms with E-state index in [9.17, 15) is 4.39 Å². The summed E-state index contributed by atoms with van der Waals surface area (Å²) in [4.78, 5) is 4.25. The molecule has 0 spiro atoms. The van der Waals surface area contributed by atoms with Crippen LogP contribution in [0.25, 0.3) is 0 Å². The zero-order valence-corrected chi connectivity index (χ0v) is 13.0. The van der Waals surface area contributed by atoms with E-state index in [1.807, 2.05) is 12.1 Å². The third-order valence-electron chi connectivity index (χ3n) is 2.76. The van der Waals surface area contributed by atoms with Crippen LogP contribution in [-0.2, 0) is 5.75 Å². The first kappa shape index (κ1) is 16.8. The lowest BCUT2D eigenvalue weighted by atomic mass is 10.1. The number of benzene rings is 1. The molecule has 0 bridgehead atoms. The van der Waals surface area contributed by atoms with Crippen LogP contribution >= 0.6 is 11.8 Å². The van der Waals surface area contributed by atoms with Crippen molar-refractivity contribution >= 4 is 17.7 Å². The monoisotopic (exact) mass is 297 g/mol. The van der Waals surface area contributed by atoms with Crippen molar-refractivity contribution in [2.75, 3.05) is 18.8 Å². The standard InChI is InChI=1S/C15H24FN3S/c1-12(2)7-8-18-15(17)19-9-10-20-11-13-5-3-4-6-14(13)16/h3-6,12H,7-11H2,1-2H3,(H3,17,18,19). The van der Waals surface area contributed by atoms with Gasteiger partial charge in [-0.15, -0.1) is 0 Å². The Labute approximate surface area is 125 Å². The van der Waals surface area contributed by atoms with Crippen LogP contribution in [0.2, 0.25) is 0 Å². The Bertz CT molecular complexity index is 421. The minimum absolute atomic E-state index is 0.136. The quantitative estimate of drug-likeness (QED) is 0.440. The number of guanidine groups is 1. The van der Waals surface area contributed by atoms with Crippen LogP contribution in [0.15, 0.2) is 29.3 Å². The summed E-state index contributed by atoms with van der Waals surface area (Å²) >= 11 is 1.68. The van der Waals surface area contributed by atoms with Gasteiger partial charge in [-0.2, -0.15) is 11.8 Å². The number of rotatable bonds is 8. The molecule has 0 fully saturated rings. The molecule has 5 heteroatoms. The number of nitrogens with zero attached hydrogens (tertiary/aromatic N) is 1. The van der Waals surface area contributed by atoms with Gasteiger partial charge in [0.15, 0.2) is 5.96 Å². The minimum atomic E-state index is -0.136. The summed E-state index contributed by atoms with van der Waals surface area (Å²) in [6, 6.07) is 6.88. The van der Waals surface area contributed by atoms with Gasteiger partial charge in [-0.25, -0.2) is 4.39 Å². The summed E-state index contributed by atoms with van der Waals surface area (Å²) in [6.45, 7) is 5.84. The Morgan fingerprint density at radius 1 is 1.40 bits per heavy atom. The smallest absolute Gasteiger partial charge is 0.188 e. The highest BCUT2D eigenvalue weighted by atomic mass is 32.2. The first-order chi connectivity index (χ1) is 9.59. The van der Waals surface area contributed by atoms with Crippen LogP contribution in [-0.4, -0.2) is 24.8 Å². The summed E-state index contributed by atoms with van der Waals surface area (Å²) in [5.41, 5.74) is 6.49. The van der Waals surface area contributed by atoms with Gasteiger partial charge in [-0.05, 0) is 24.0 Å². The summed E-state index contributed by atoms with van der Waals surface area (Å²) in [6.07, 6.45) is 1.05. The number of hydrogen-bond acceptors (Lipinski definition) is 2. The molecule has 0 unspecified atom stereocenters. The van der Waals surface area contributed by atoms with E-state index >= 15 is 0 Å². The average molecular weight is 297 g/mol. The lowest BCUT2D eigenvalue weighted by Gasteiger charge is -2.07. The van der Waals surface area contributed by atoms with E-state index in [0.29, 0.717) is 17.6 Å². The third kappa shape index (κ3) is 7.38. The molecular weight excluding hydrogens is 273 g/mol. The normalized spacial score (nSPS) is 11.9. The molecule has 1 rings (SSSR count). The van der Waals surface area contributed by atoms with E-state index in [1.54, 1.807) is 17.8 Å². The predicted octanol–water partition coefficient (Wildman–Crippen LogP) is 3.01. The Balaban J connectivity index is 2.11. The average Bonchev–Trinajstić information content (AvgIpc) is 2.40. The van der Waals surface area contributed by atoms with Gasteiger partial charge >= 0.3 is 0 Å². The molecule has 0 amide bonds. The van der Waals surface area contributed by atoms with Crippen molar-refractivity contribution in [3.05, 3.63) is 35.6 Å². The molecule has 0 heterocycles. The lowest BCUT2D eigenvalue weighted by Crippen LogP contribution is -2.33. The van der Waals surface area contributed by atoms with Crippen molar-refractivity contribution in [3.63, 3.8) is 0 Å². The number of hydrogen-bond donors (Lipinski definition) is 2. The van der Waals surface area contributed by atoms with Gasteiger partial charge in [0.2, 0.25) is 0 Å². The van der Waals surface area contributed by atoms with Crippen molar-refractivity contribution in [3.8, 4) is 0 Å². The van der Waals surface area contributed by atoms with Gasteiger partial charge in [-0.3, -0.25) is 4.99 Å². The second kappa shape index (κ2) is 9.64. The highest BCUT2D eigenvalue weighted by molar-refractivity contribution is 7.98. The fraction of sp³-hybridized carbons (Fsp3) is 0.533. The van der Waals surface area contributed by atoms with E-state index in [4.69, 9.17) is 5.73 Å². The van der Waals surface area contributed by atoms with E-state index in [-0.39, 0.29) is 5.82 Å². The molecule has 0 saturated carbocycles. The fourth-order valence-corrected chi connectivity index (χ4v) is 2.39. The van der Waals surface area contributed by atoms with Crippen LogP contribution in [0.3, 0.4) is 0 Å². The van der Waals surface area contributed by atoms with Crippen molar-refractivity contribution in [2.45, 2.75) is 26.0 Å². The number of nitrogens with one attached hydrogen (secondary N) is 1. The Morgan fingerprint density at radius 2 is 2.15 bits per heavy atom. The maximum absolute atomic E-state index is 13.4. The molecule has 20 heavy (non-hydrogen) atoms. The topological polar surface area (TPSA) is 50.4 Å². The SMILES string of the molecule is CC(C)CCN=C(N)NCCSCc1ccccc1F. The second-order valence-corrected chi connectivity index (χ2v) is 6.13. The van der Waals surface area contributed by atoms with Crippen LogP contribution in [0.5, 0.6) is 0 Å². The molecule has 0 radical (unpaired) electrons. The molecule has 0 aliphatic heterocycles. The maximum atomic E-state index is 13.4. The molecule has 3 N–H and O–H groups in total. The first-order valence-electron chi connectivity index (χ1n) is 6.94. The molecule has 0 saturated heterocycles. The number of aliphatic imine (C=N–C) groups is 1. The van der Waals surface area contributed by atoms with Crippen LogP contribution in [0.1, 0.15) is 25.8 Å². The zero-order chi connectivity index (χ0) is 14.8. The van der Waals surface area contributed by atoms with E-state index in [1.165, 1.54) is 6.07 Å². The first-order valence-corrected chi connectivity index (χ1v) is 8.10. The molecule has 112 valence electrons. The molecule has 3 nitrogen and oxygen atoms in total. The Hall–Kier alpha value is -1.23. The minimum Gasteiger partial charge on any atom is -0.370 e. The highest BCUT2D eigenvalue weighted by Crippen LogP contribution is 2.14. The van der Waals surface area contributed by atoms with Crippen molar-refractivity contribution < 1.29 is 4.39 Å². The summed E-state index contributed by atoms with van der Waals surface area (Å²) in [7, 11) is 0. The largest absolute Gasteiger partial charge is 0.370 e. The van der Waals surface area contributed by atoms with Gasteiger partial charge < -0.3 is 11.1 Å². The number of nitrogens with two attached hydrogens (primary N) is 1. The summed E-state index contributed by atoms with van der Waals surface area (Å²) < 4.78 is 13.4. The lowest BCUT2D eigenvalue weighted by molar-refractivity contribution is 0.596. The van der Waals surface area contributed by atoms with E-state index in [0.717, 1.165) is 30.8 Å². The van der Waals surface area contributed by atoms with Gasteiger partial charge in [0.1, 0.15) is 5.82 Å². The number of halogens is 1. The van der Waals surface area contributed by atoms with Crippen LogP contribution in [0, 0.1) is 11.7 Å². The van der Waals surface area contributed by atoms with Crippen LogP contribution < -0.4 is 11.1 Å². The predicted molar refractivity (Wildman–Crippen MR) is 86.5 cm³/mol. The molecule has 1 aromatic carbocycles. The van der Waals surface area contributed by atoms with Crippen molar-refractivity contribution in [1.29, 1.82) is 0 Å². The van der Waals surface area contributed by atoms with Gasteiger partial charge in [0.25, 0.3) is 0 Å². The van der Waals surface area contributed by atoms with Gasteiger partial charge in [0, 0.05) is 24.6 Å². The molecule has 0 aliphatic rings. The van der Waals surface area contributed by atoms with Gasteiger partial charge in [0.05, 0.1) is 0 Å². The molecule has 0 aromatic heterocycles. The number of thioether (sulfide) groups is 1. The molecule has 0 aliphatic carbocycles. The van der Waals surface area contributed by atoms with E-state index < -0.39 is 0 Å². The van der Waals surface area contributed by atoms with Crippen molar-refractivity contribution in [2.24, 2.45) is 16.6 Å². The van der Waals surface area contributed by atoms with Crippen LogP contribution in [0.4, 0.5) is 4.39 Å². The molecule has 0 atom stereocenters. The second-order valence-electron chi connectivity index (χ2n) is 5.02. The Morgan fingerprint density at radius 3 is 2.85 bits per heavy atom. The third-order valence-corrected chi connectivity index (χ3v) is 3.76. The fourth-order valence-electron chi connectivity index (χ4n) is 1.55.